The molecule has 0 saturated heterocycles. The molecule has 2 aromatic carbocycles. The van der Waals surface area contributed by atoms with Gasteiger partial charge in [0.15, 0.2) is 5.69 Å². The number of methoxy groups -OCH3 is 1. The van der Waals surface area contributed by atoms with E-state index < -0.39 is 0 Å². The Balaban J connectivity index is 0.00000169. The van der Waals surface area contributed by atoms with Crippen LogP contribution in [0.15, 0.2) is 85.2 Å². The molecule has 0 aliphatic rings. The van der Waals surface area contributed by atoms with Crippen molar-refractivity contribution in [3.8, 4) is 22.7 Å². The van der Waals surface area contributed by atoms with Gasteiger partial charge < -0.3 is 4.74 Å². The number of fused-ring (bicyclic) bond motifs is 1. The van der Waals surface area contributed by atoms with E-state index in [2.05, 4.69) is 69.9 Å². The number of nitrogens with zero attached hydrogens (tertiary/aromatic N) is 2. The molecule has 4 aromatic rings. The van der Waals surface area contributed by atoms with Crippen molar-refractivity contribution < 1.29 is 9.14 Å². The van der Waals surface area contributed by atoms with Gasteiger partial charge >= 0.3 is 0 Å². The molecule has 4 heteroatoms. The summed E-state index contributed by atoms with van der Waals surface area (Å²) in [5, 5.41) is 0. The lowest BCUT2D eigenvalue weighted by molar-refractivity contribution is -0.510. The first-order valence-corrected chi connectivity index (χ1v) is 7.58. The highest BCUT2D eigenvalue weighted by Gasteiger charge is 2.20. The summed E-state index contributed by atoms with van der Waals surface area (Å²) in [4.78, 5) is 0. The fourth-order valence-corrected chi connectivity index (χ4v) is 2.87. The van der Waals surface area contributed by atoms with E-state index >= 15 is 0 Å². The van der Waals surface area contributed by atoms with Crippen molar-refractivity contribution in [2.45, 2.75) is 0 Å². The fourth-order valence-electron chi connectivity index (χ4n) is 2.87. The molecule has 4 rings (SSSR count). The highest BCUT2D eigenvalue weighted by molar-refractivity contribution is 8.93. The van der Waals surface area contributed by atoms with Crippen LogP contribution in [0.4, 0.5) is 0 Å². The second-order valence-electron chi connectivity index (χ2n) is 5.38. The molecule has 0 saturated carbocycles. The van der Waals surface area contributed by atoms with Gasteiger partial charge in [-0.15, -0.1) is 17.0 Å². The van der Waals surface area contributed by atoms with Crippen LogP contribution in [0.2, 0.25) is 0 Å². The van der Waals surface area contributed by atoms with E-state index in [-0.39, 0.29) is 17.0 Å². The van der Waals surface area contributed by atoms with Crippen molar-refractivity contribution in [3.63, 3.8) is 0 Å². The number of hydrogen-bond acceptors (Lipinski definition) is 1. The van der Waals surface area contributed by atoms with E-state index in [0.29, 0.717) is 0 Å². The van der Waals surface area contributed by atoms with Crippen molar-refractivity contribution in [2.75, 3.05) is 7.11 Å². The molecule has 0 amide bonds. The Labute approximate surface area is 151 Å². The van der Waals surface area contributed by atoms with Gasteiger partial charge in [0.2, 0.25) is 0 Å². The Morgan fingerprint density at radius 1 is 0.833 bits per heavy atom. The molecule has 0 atom stereocenters. The van der Waals surface area contributed by atoms with Crippen LogP contribution >= 0.6 is 17.0 Å². The Hall–Kier alpha value is -2.59. The van der Waals surface area contributed by atoms with Crippen molar-refractivity contribution in [3.05, 3.63) is 85.2 Å². The molecule has 2 heterocycles. The van der Waals surface area contributed by atoms with Crippen molar-refractivity contribution in [1.82, 2.24) is 4.57 Å². The predicted molar refractivity (Wildman–Crippen MR) is 101 cm³/mol. The second-order valence-corrected chi connectivity index (χ2v) is 5.38. The van der Waals surface area contributed by atoms with E-state index in [9.17, 15) is 0 Å². The summed E-state index contributed by atoms with van der Waals surface area (Å²) < 4.78 is 9.68. The van der Waals surface area contributed by atoms with Crippen LogP contribution in [-0.2, 0) is 0 Å². The van der Waals surface area contributed by atoms with Crippen molar-refractivity contribution >= 4 is 22.6 Å². The number of ether oxygens (including phenoxy) is 1. The zero-order valence-electron chi connectivity index (χ0n) is 13.3. The molecular formula is C20H18BrN2O+. The molecule has 3 nitrogen and oxygen atoms in total. The fraction of sp³-hybridized carbons (Fsp3) is 0.0500. The molecule has 0 fully saturated rings. The Bertz CT molecular complexity index is 946. The van der Waals surface area contributed by atoms with Gasteiger partial charge in [0.05, 0.1) is 13.3 Å². The number of hydrogen-bond donors (Lipinski definition) is 0. The topological polar surface area (TPSA) is 18.3 Å². The van der Waals surface area contributed by atoms with Gasteiger partial charge in [-0.2, -0.15) is 4.57 Å². The third-order valence-electron chi connectivity index (χ3n) is 4.00. The minimum absolute atomic E-state index is 0. The number of aromatic nitrogens is 2. The molecule has 0 unspecified atom stereocenters. The Kier molecular flexibility index (Phi) is 4.67. The van der Waals surface area contributed by atoms with Crippen LogP contribution in [0.5, 0.6) is 5.75 Å². The molecule has 2 aromatic heterocycles. The van der Waals surface area contributed by atoms with E-state index in [1.54, 1.807) is 7.11 Å². The van der Waals surface area contributed by atoms with E-state index in [0.717, 1.165) is 28.3 Å². The molecule has 0 N–H and O–H groups in total. The Morgan fingerprint density at radius 2 is 1.54 bits per heavy atom. The molecular weight excluding hydrogens is 364 g/mol. The maximum Gasteiger partial charge on any atom is 0.291 e. The standard InChI is InChI=1S/C20H17N2O.BrH/c1-23-18-12-10-16(11-13-18)19-15-21-14-6-5-9-20(21)22(19)17-7-3-2-4-8-17;/h2-15H,1H3;1H/q+1;. The van der Waals surface area contributed by atoms with Gasteiger partial charge in [0.1, 0.15) is 17.6 Å². The highest BCUT2D eigenvalue weighted by Crippen LogP contribution is 2.26. The van der Waals surface area contributed by atoms with Crippen molar-refractivity contribution in [2.24, 2.45) is 0 Å². The summed E-state index contributed by atoms with van der Waals surface area (Å²) in [6.45, 7) is 0. The summed E-state index contributed by atoms with van der Waals surface area (Å²) in [6, 6.07) is 24.8. The maximum absolute atomic E-state index is 5.27. The van der Waals surface area contributed by atoms with Crippen LogP contribution in [-0.4, -0.2) is 11.7 Å². The molecule has 0 radical (unpaired) electrons. The molecule has 0 bridgehead atoms. The lowest BCUT2D eigenvalue weighted by Gasteiger charge is -2.04. The third kappa shape index (κ3) is 2.81. The molecule has 0 spiro atoms. The highest BCUT2D eigenvalue weighted by atomic mass is 79.9. The minimum atomic E-state index is 0. The first-order valence-electron chi connectivity index (χ1n) is 7.58. The van der Waals surface area contributed by atoms with Gasteiger partial charge in [0, 0.05) is 11.6 Å². The summed E-state index contributed by atoms with van der Waals surface area (Å²) in [5.41, 5.74) is 4.57. The van der Waals surface area contributed by atoms with Gasteiger partial charge in [-0.1, -0.05) is 24.3 Å². The SMILES string of the molecule is Br.COc1ccc(-c2c[n+]3ccccc3n2-c2ccccc2)cc1. The third-order valence-corrected chi connectivity index (χ3v) is 4.00. The van der Waals surface area contributed by atoms with Crippen molar-refractivity contribution in [1.29, 1.82) is 0 Å². The zero-order chi connectivity index (χ0) is 15.6. The van der Waals surface area contributed by atoms with Crippen LogP contribution in [0.1, 0.15) is 0 Å². The zero-order valence-corrected chi connectivity index (χ0v) is 15.0. The number of rotatable bonds is 3. The Morgan fingerprint density at radius 3 is 2.25 bits per heavy atom. The van der Waals surface area contributed by atoms with Gasteiger partial charge in [-0.3, -0.25) is 0 Å². The number of halogens is 1. The lowest BCUT2D eigenvalue weighted by Crippen LogP contribution is -2.17. The summed E-state index contributed by atoms with van der Waals surface area (Å²) in [5.74, 6) is 0.865. The molecule has 120 valence electrons. The smallest absolute Gasteiger partial charge is 0.291 e. The van der Waals surface area contributed by atoms with Crippen LogP contribution < -0.4 is 9.14 Å². The van der Waals surface area contributed by atoms with Gasteiger partial charge in [-0.05, 0) is 42.5 Å². The van der Waals surface area contributed by atoms with Crippen LogP contribution in [0.25, 0.3) is 22.6 Å². The molecule has 24 heavy (non-hydrogen) atoms. The van der Waals surface area contributed by atoms with E-state index in [1.165, 1.54) is 0 Å². The molecule has 0 aliphatic heterocycles. The molecule has 0 aliphatic carbocycles. The average Bonchev–Trinajstić information content (AvgIpc) is 3.02. The quantitative estimate of drug-likeness (QED) is 0.478. The first kappa shape index (κ1) is 16.3. The average molecular weight is 382 g/mol. The van der Waals surface area contributed by atoms with E-state index in [1.807, 2.05) is 24.3 Å². The monoisotopic (exact) mass is 381 g/mol. The minimum Gasteiger partial charge on any atom is -0.497 e. The summed E-state index contributed by atoms with van der Waals surface area (Å²) >= 11 is 0. The number of para-hydroxylation sites is 1. The maximum atomic E-state index is 5.27. The predicted octanol–water partition coefficient (Wildman–Crippen LogP) is 4.47. The first-order chi connectivity index (χ1) is 11.4. The second kappa shape index (κ2) is 6.89. The van der Waals surface area contributed by atoms with Gasteiger partial charge in [0.25, 0.3) is 5.65 Å². The summed E-state index contributed by atoms with van der Waals surface area (Å²) in [7, 11) is 1.69. The number of imidazole rings is 1. The van der Waals surface area contributed by atoms with Crippen LogP contribution in [0, 0.1) is 0 Å². The lowest BCUT2D eigenvalue weighted by atomic mass is 10.1. The largest absolute Gasteiger partial charge is 0.497 e. The van der Waals surface area contributed by atoms with Crippen LogP contribution in [0.3, 0.4) is 0 Å². The summed E-state index contributed by atoms with van der Waals surface area (Å²) in [6.07, 6.45) is 4.23. The number of benzene rings is 2. The van der Waals surface area contributed by atoms with E-state index in [4.69, 9.17) is 4.74 Å². The van der Waals surface area contributed by atoms with Gasteiger partial charge in [-0.25, -0.2) is 4.40 Å². The number of pyridine rings is 1. The normalized spacial score (nSPS) is 10.4.